The number of hydrogen-bond acceptors (Lipinski definition) is 6. The molecule has 2 N–H and O–H groups in total. The monoisotopic (exact) mass is 547 g/mol. The quantitative estimate of drug-likeness (QED) is 0.418. The lowest BCUT2D eigenvalue weighted by atomic mass is 9.85. The maximum Gasteiger partial charge on any atom is 0.293 e. The second-order valence-corrected chi connectivity index (χ2v) is 9.77. The number of ether oxygens (including phenoxy) is 2. The van der Waals surface area contributed by atoms with Crippen LogP contribution in [0.15, 0.2) is 51.8 Å². The largest absolute Gasteiger partial charge is 0.497 e. The second-order valence-electron chi connectivity index (χ2n) is 9.77. The number of halogens is 3. The first-order valence-corrected chi connectivity index (χ1v) is 12.1. The Kier molecular flexibility index (Phi) is 8.14. The molecule has 0 aliphatic carbocycles. The molecule has 0 unspecified atom stereocenters. The Morgan fingerprint density at radius 2 is 1.97 bits per heavy atom. The summed E-state index contributed by atoms with van der Waals surface area (Å²) < 4.78 is 55.2. The van der Waals surface area contributed by atoms with E-state index in [1.807, 2.05) is 0 Å². The number of H-pyrrole nitrogens is 1. The molecule has 0 fully saturated rings. The molecule has 39 heavy (non-hydrogen) atoms. The first-order valence-electron chi connectivity index (χ1n) is 12.1. The van der Waals surface area contributed by atoms with Gasteiger partial charge in [-0.15, -0.1) is 0 Å². The number of amides is 2. The summed E-state index contributed by atoms with van der Waals surface area (Å²) >= 11 is 0. The van der Waals surface area contributed by atoms with Gasteiger partial charge in [0.05, 0.1) is 19.8 Å². The average Bonchev–Trinajstić information content (AvgIpc) is 3.32. The summed E-state index contributed by atoms with van der Waals surface area (Å²) in [5.41, 5.74) is 0.184. The molecule has 0 radical (unpaired) electrons. The van der Waals surface area contributed by atoms with Gasteiger partial charge >= 0.3 is 0 Å². The van der Waals surface area contributed by atoms with Crippen LogP contribution >= 0.6 is 0 Å². The van der Waals surface area contributed by atoms with Crippen molar-refractivity contribution >= 4 is 17.5 Å². The van der Waals surface area contributed by atoms with Crippen molar-refractivity contribution in [3.05, 3.63) is 81.1 Å². The lowest BCUT2D eigenvalue weighted by Crippen LogP contribution is -2.45. The first kappa shape index (κ1) is 28.0. The minimum absolute atomic E-state index is 0.130. The van der Waals surface area contributed by atoms with Gasteiger partial charge in [-0.2, -0.15) is 5.16 Å². The van der Waals surface area contributed by atoms with Crippen LogP contribution in [0.5, 0.6) is 5.75 Å². The molecule has 0 saturated carbocycles. The number of rotatable bonds is 9. The van der Waals surface area contributed by atoms with Crippen LogP contribution in [0, 0.1) is 5.82 Å². The van der Waals surface area contributed by atoms with E-state index in [1.165, 1.54) is 24.1 Å². The Labute approximate surface area is 221 Å². The van der Waals surface area contributed by atoms with Crippen molar-refractivity contribution in [3.8, 4) is 5.75 Å². The van der Waals surface area contributed by atoms with Crippen molar-refractivity contribution in [1.82, 2.24) is 10.1 Å². The number of methoxy groups -OCH3 is 1. The van der Waals surface area contributed by atoms with Gasteiger partial charge < -0.3 is 24.2 Å². The molecule has 1 aliphatic heterocycles. The van der Waals surface area contributed by atoms with E-state index in [1.54, 1.807) is 32.0 Å². The summed E-state index contributed by atoms with van der Waals surface area (Å²) in [5, 5.41) is 4.73. The Balaban J connectivity index is 1.61. The fourth-order valence-corrected chi connectivity index (χ4v) is 4.60. The SMILES string of the molecule is COc1ccc2c(c1)CCN(C(=O)c1cc(=O)[nH]o1)[C@H]2C(=O)Nc1ccc(C(C)(C)COCC(F)F)c(F)c1. The van der Waals surface area contributed by atoms with E-state index in [9.17, 15) is 23.2 Å². The highest BCUT2D eigenvalue weighted by atomic mass is 19.3. The zero-order valence-corrected chi connectivity index (χ0v) is 21.6. The molecule has 12 heteroatoms. The first-order chi connectivity index (χ1) is 18.5. The van der Waals surface area contributed by atoms with Gasteiger partial charge in [0, 0.05) is 17.6 Å². The normalized spacial score (nSPS) is 15.3. The third kappa shape index (κ3) is 6.17. The number of nitrogens with zero attached hydrogens (tertiary/aromatic N) is 1. The van der Waals surface area contributed by atoms with Gasteiger partial charge in [0.25, 0.3) is 23.8 Å². The van der Waals surface area contributed by atoms with Gasteiger partial charge in [-0.05, 0) is 47.4 Å². The number of benzene rings is 2. The van der Waals surface area contributed by atoms with E-state index in [4.69, 9.17) is 14.0 Å². The molecule has 2 amide bonds. The smallest absolute Gasteiger partial charge is 0.293 e. The summed E-state index contributed by atoms with van der Waals surface area (Å²) in [6.07, 6.45) is -2.21. The highest BCUT2D eigenvalue weighted by Crippen LogP contribution is 2.35. The van der Waals surface area contributed by atoms with E-state index in [-0.39, 0.29) is 30.2 Å². The summed E-state index contributed by atoms with van der Waals surface area (Å²) in [5.74, 6) is -1.60. The molecule has 3 aromatic rings. The molecule has 0 saturated heterocycles. The van der Waals surface area contributed by atoms with Crippen LogP contribution in [0.4, 0.5) is 18.9 Å². The van der Waals surface area contributed by atoms with Crippen LogP contribution in [-0.2, 0) is 21.4 Å². The molecular weight excluding hydrogens is 519 g/mol. The molecule has 0 spiro atoms. The van der Waals surface area contributed by atoms with Crippen molar-refractivity contribution in [2.24, 2.45) is 0 Å². The van der Waals surface area contributed by atoms with Crippen LogP contribution < -0.4 is 15.6 Å². The summed E-state index contributed by atoms with van der Waals surface area (Å²) in [6.45, 7) is 2.58. The van der Waals surface area contributed by atoms with Crippen LogP contribution in [0.25, 0.3) is 0 Å². The van der Waals surface area contributed by atoms with Crippen molar-refractivity contribution in [2.45, 2.75) is 38.2 Å². The highest BCUT2D eigenvalue weighted by Gasteiger charge is 2.38. The second kappa shape index (κ2) is 11.4. The maximum atomic E-state index is 15.1. The van der Waals surface area contributed by atoms with Crippen LogP contribution in [0.3, 0.4) is 0 Å². The van der Waals surface area contributed by atoms with Gasteiger partial charge in [-0.25, -0.2) is 13.2 Å². The fourth-order valence-electron chi connectivity index (χ4n) is 4.60. The van der Waals surface area contributed by atoms with Crippen molar-refractivity contribution < 1.29 is 36.8 Å². The third-order valence-corrected chi connectivity index (χ3v) is 6.49. The number of alkyl halides is 2. The predicted molar refractivity (Wildman–Crippen MR) is 135 cm³/mol. The van der Waals surface area contributed by atoms with Crippen LogP contribution in [0.1, 0.15) is 47.1 Å². The number of hydrogen-bond donors (Lipinski definition) is 2. The van der Waals surface area contributed by atoms with Gasteiger partial charge in [0.15, 0.2) is 0 Å². The van der Waals surface area contributed by atoms with Crippen molar-refractivity contribution in [1.29, 1.82) is 0 Å². The standard InChI is InChI=1S/C27H28F3N3O6/c1-27(2,14-38-13-22(29)30)19-7-4-16(11-20(19)28)31-25(35)24-18-6-5-17(37-3)10-15(18)8-9-33(24)26(36)21-12-23(34)32-39-21/h4-7,10-12,22,24H,8-9,13-14H2,1-3H3,(H,31,35)(H,32,34)/t24-/m1/s1. The zero-order chi connectivity index (χ0) is 28.3. The Hall–Kier alpha value is -4.06. The summed E-state index contributed by atoms with van der Waals surface area (Å²) in [4.78, 5) is 39.6. The molecule has 208 valence electrons. The fraction of sp³-hybridized carbons (Fsp3) is 0.370. The van der Waals surface area contributed by atoms with E-state index in [0.717, 1.165) is 17.7 Å². The zero-order valence-electron chi connectivity index (χ0n) is 21.6. The third-order valence-electron chi connectivity index (χ3n) is 6.49. The van der Waals surface area contributed by atoms with Crippen LogP contribution in [-0.4, -0.2) is 55.2 Å². The van der Waals surface area contributed by atoms with Crippen molar-refractivity contribution in [3.63, 3.8) is 0 Å². The van der Waals surface area contributed by atoms with Crippen LogP contribution in [0.2, 0.25) is 0 Å². The van der Waals surface area contributed by atoms with Gasteiger partial charge in [0.2, 0.25) is 5.76 Å². The number of fused-ring (bicyclic) bond motifs is 1. The lowest BCUT2D eigenvalue weighted by molar-refractivity contribution is -0.121. The Morgan fingerprint density at radius 1 is 1.21 bits per heavy atom. The Morgan fingerprint density at radius 3 is 2.62 bits per heavy atom. The molecule has 0 bridgehead atoms. The van der Waals surface area contributed by atoms with Gasteiger partial charge in [-0.3, -0.25) is 14.4 Å². The van der Waals surface area contributed by atoms with E-state index >= 15 is 4.39 Å². The molecule has 1 aliphatic rings. The molecule has 9 nitrogen and oxygen atoms in total. The Bertz CT molecular complexity index is 1420. The molecule has 1 aromatic heterocycles. The number of anilines is 1. The average molecular weight is 548 g/mol. The van der Waals surface area contributed by atoms with E-state index in [0.29, 0.717) is 17.7 Å². The molecule has 2 aromatic carbocycles. The van der Waals surface area contributed by atoms with Crippen molar-refractivity contribution in [2.75, 3.05) is 32.2 Å². The minimum Gasteiger partial charge on any atom is -0.497 e. The summed E-state index contributed by atoms with van der Waals surface area (Å²) in [6, 6.07) is 9.06. The number of carbonyl (C=O) groups excluding carboxylic acids is 2. The molecule has 4 rings (SSSR count). The maximum absolute atomic E-state index is 15.1. The summed E-state index contributed by atoms with van der Waals surface area (Å²) in [7, 11) is 1.52. The number of nitrogens with one attached hydrogen (secondary N) is 2. The predicted octanol–water partition coefficient (Wildman–Crippen LogP) is 4.05. The minimum atomic E-state index is -2.63. The molecular formula is C27H28F3N3O6. The van der Waals surface area contributed by atoms with E-state index in [2.05, 4.69) is 10.5 Å². The molecule has 2 heterocycles. The number of aromatic nitrogens is 1. The van der Waals surface area contributed by atoms with Gasteiger partial charge in [-0.1, -0.05) is 26.0 Å². The molecule has 1 atom stereocenters. The lowest BCUT2D eigenvalue weighted by Gasteiger charge is -2.36. The number of aromatic amines is 1. The number of carbonyl (C=O) groups is 2. The van der Waals surface area contributed by atoms with E-state index < -0.39 is 47.7 Å². The topological polar surface area (TPSA) is 114 Å². The highest BCUT2D eigenvalue weighted by molar-refractivity contribution is 6.01. The van der Waals surface area contributed by atoms with Gasteiger partial charge in [0.1, 0.15) is 24.2 Å².